The fourth-order valence-corrected chi connectivity index (χ4v) is 3.26. The monoisotopic (exact) mass is 311 g/mol. The lowest BCUT2D eigenvalue weighted by atomic mass is 10.1. The summed E-state index contributed by atoms with van der Waals surface area (Å²) in [7, 11) is -3.63. The molecule has 1 aromatic carbocycles. The van der Waals surface area contributed by atoms with E-state index in [1.54, 1.807) is 26.0 Å². The van der Waals surface area contributed by atoms with Gasteiger partial charge in [0.1, 0.15) is 6.61 Å². The minimum atomic E-state index is -3.63. The first kappa shape index (κ1) is 17.7. The molecule has 0 amide bonds. The van der Waals surface area contributed by atoms with Crippen molar-refractivity contribution < 1.29 is 18.3 Å². The molecular weight excluding hydrogens is 290 g/mol. The summed E-state index contributed by atoms with van der Waals surface area (Å²) in [5.74, 6) is 5.21. The van der Waals surface area contributed by atoms with E-state index in [4.69, 9.17) is 9.84 Å². The van der Waals surface area contributed by atoms with Crippen LogP contribution in [0.2, 0.25) is 0 Å². The van der Waals surface area contributed by atoms with Gasteiger partial charge in [-0.05, 0) is 38.5 Å². The van der Waals surface area contributed by atoms with E-state index in [-0.39, 0.29) is 17.5 Å². The number of rotatable bonds is 6. The summed E-state index contributed by atoms with van der Waals surface area (Å²) in [5.41, 5.74) is 1.19. The van der Waals surface area contributed by atoms with Crippen LogP contribution < -0.4 is 4.72 Å². The summed E-state index contributed by atoms with van der Waals surface area (Å²) in [6, 6.07) is 4.61. The van der Waals surface area contributed by atoms with Gasteiger partial charge in [-0.3, -0.25) is 0 Å². The third kappa shape index (κ3) is 5.48. The molecule has 0 aliphatic rings. The van der Waals surface area contributed by atoms with Crippen molar-refractivity contribution in [3.05, 3.63) is 29.3 Å². The van der Waals surface area contributed by atoms with Gasteiger partial charge >= 0.3 is 0 Å². The summed E-state index contributed by atoms with van der Waals surface area (Å²) in [6.45, 7) is 5.92. The molecular formula is C15H21NO4S. The van der Waals surface area contributed by atoms with Crippen molar-refractivity contribution >= 4 is 10.0 Å². The van der Waals surface area contributed by atoms with Crippen LogP contribution in [0.5, 0.6) is 0 Å². The molecule has 1 rings (SSSR count). The van der Waals surface area contributed by atoms with E-state index in [1.165, 1.54) is 6.07 Å². The Morgan fingerprint density at radius 2 is 2.14 bits per heavy atom. The molecule has 2 N–H and O–H groups in total. The molecule has 0 heterocycles. The van der Waals surface area contributed by atoms with Gasteiger partial charge in [0.25, 0.3) is 0 Å². The zero-order valence-corrected chi connectivity index (χ0v) is 13.3. The van der Waals surface area contributed by atoms with Crippen LogP contribution in [0.4, 0.5) is 0 Å². The van der Waals surface area contributed by atoms with Crippen LogP contribution in [0.3, 0.4) is 0 Å². The zero-order valence-electron chi connectivity index (χ0n) is 12.5. The third-order valence-electron chi connectivity index (χ3n) is 2.72. The summed E-state index contributed by atoms with van der Waals surface area (Å²) in [5, 5.41) is 8.69. The maximum absolute atomic E-state index is 12.4. The van der Waals surface area contributed by atoms with Crippen LogP contribution in [-0.4, -0.2) is 39.4 Å². The van der Waals surface area contributed by atoms with Gasteiger partial charge in [0.05, 0.1) is 11.5 Å². The van der Waals surface area contributed by atoms with E-state index < -0.39 is 10.0 Å². The molecule has 1 atom stereocenters. The van der Waals surface area contributed by atoms with Gasteiger partial charge in [-0.25, -0.2) is 13.1 Å². The number of aliphatic hydroxyl groups excluding tert-OH is 1. The molecule has 6 heteroatoms. The number of nitrogens with one attached hydrogen (secondary N) is 1. The van der Waals surface area contributed by atoms with E-state index in [9.17, 15) is 8.42 Å². The standard InChI is InChI=1S/C15H21NO4S/c1-4-20-11-13(3)16-21(18,19)15-10-14(6-5-9-17)8-7-12(15)2/h7-8,10,13,16-17H,4,9,11H2,1-3H3. The number of aryl methyl sites for hydroxylation is 1. The van der Waals surface area contributed by atoms with Crippen LogP contribution >= 0.6 is 0 Å². The first-order valence-electron chi connectivity index (χ1n) is 6.71. The molecule has 0 radical (unpaired) electrons. The van der Waals surface area contributed by atoms with Gasteiger partial charge in [0, 0.05) is 18.2 Å². The summed E-state index contributed by atoms with van der Waals surface area (Å²) >= 11 is 0. The molecule has 0 fully saturated rings. The largest absolute Gasteiger partial charge is 0.384 e. The lowest BCUT2D eigenvalue weighted by Crippen LogP contribution is -2.36. The predicted octanol–water partition coefficient (Wildman–Crippen LogP) is 1.04. The lowest BCUT2D eigenvalue weighted by Gasteiger charge is -2.15. The highest BCUT2D eigenvalue weighted by Crippen LogP contribution is 2.17. The number of ether oxygens (including phenoxy) is 1. The highest BCUT2D eigenvalue weighted by molar-refractivity contribution is 7.89. The molecule has 0 bridgehead atoms. The van der Waals surface area contributed by atoms with Crippen molar-refractivity contribution in [1.82, 2.24) is 4.72 Å². The molecule has 0 saturated carbocycles. The summed E-state index contributed by atoms with van der Waals surface area (Å²) in [6.07, 6.45) is 0. The van der Waals surface area contributed by atoms with Crippen molar-refractivity contribution in [2.24, 2.45) is 0 Å². The molecule has 0 aromatic heterocycles. The molecule has 1 unspecified atom stereocenters. The highest BCUT2D eigenvalue weighted by atomic mass is 32.2. The Morgan fingerprint density at radius 3 is 2.76 bits per heavy atom. The van der Waals surface area contributed by atoms with Crippen LogP contribution in [0.25, 0.3) is 0 Å². The Balaban J connectivity index is 3.01. The molecule has 1 aromatic rings. The Labute approximate surface area is 126 Å². The molecule has 116 valence electrons. The second-order valence-electron chi connectivity index (χ2n) is 4.62. The number of hydrogen-bond acceptors (Lipinski definition) is 4. The Kier molecular flexibility index (Phi) is 6.85. The second-order valence-corrected chi connectivity index (χ2v) is 6.30. The number of benzene rings is 1. The minimum absolute atomic E-state index is 0.190. The van der Waals surface area contributed by atoms with E-state index in [2.05, 4.69) is 16.6 Å². The summed E-state index contributed by atoms with van der Waals surface area (Å²) < 4.78 is 32.6. The average molecular weight is 311 g/mol. The maximum atomic E-state index is 12.4. The zero-order chi connectivity index (χ0) is 15.9. The van der Waals surface area contributed by atoms with E-state index in [0.717, 1.165) is 0 Å². The van der Waals surface area contributed by atoms with Crippen molar-refractivity contribution in [3.63, 3.8) is 0 Å². The lowest BCUT2D eigenvalue weighted by molar-refractivity contribution is 0.133. The topological polar surface area (TPSA) is 75.6 Å². The normalized spacial score (nSPS) is 12.6. The van der Waals surface area contributed by atoms with Gasteiger partial charge in [-0.2, -0.15) is 0 Å². The number of sulfonamides is 1. The molecule has 0 aliphatic heterocycles. The van der Waals surface area contributed by atoms with Gasteiger partial charge in [0.15, 0.2) is 0 Å². The fraction of sp³-hybridized carbons (Fsp3) is 0.467. The van der Waals surface area contributed by atoms with Gasteiger partial charge in [-0.1, -0.05) is 17.9 Å². The first-order valence-corrected chi connectivity index (χ1v) is 8.19. The second kappa shape index (κ2) is 8.15. The van der Waals surface area contributed by atoms with Crippen molar-refractivity contribution in [3.8, 4) is 11.8 Å². The molecule has 0 aliphatic carbocycles. The molecule has 21 heavy (non-hydrogen) atoms. The highest BCUT2D eigenvalue weighted by Gasteiger charge is 2.19. The SMILES string of the molecule is CCOCC(C)NS(=O)(=O)c1cc(C#CCO)ccc1C. The Morgan fingerprint density at radius 1 is 1.43 bits per heavy atom. The Hall–Kier alpha value is -1.39. The number of aliphatic hydroxyl groups is 1. The van der Waals surface area contributed by atoms with Crippen LogP contribution in [0, 0.1) is 18.8 Å². The van der Waals surface area contributed by atoms with E-state index >= 15 is 0 Å². The van der Waals surface area contributed by atoms with E-state index in [0.29, 0.717) is 24.3 Å². The van der Waals surface area contributed by atoms with Gasteiger partial charge in [-0.15, -0.1) is 0 Å². The number of hydrogen-bond donors (Lipinski definition) is 2. The Bertz CT molecular complexity index is 629. The molecule has 5 nitrogen and oxygen atoms in total. The fourth-order valence-electron chi connectivity index (χ4n) is 1.77. The molecule has 0 saturated heterocycles. The first-order chi connectivity index (χ1) is 9.90. The minimum Gasteiger partial charge on any atom is -0.384 e. The van der Waals surface area contributed by atoms with Crippen LogP contribution in [-0.2, 0) is 14.8 Å². The van der Waals surface area contributed by atoms with E-state index in [1.807, 2.05) is 6.92 Å². The van der Waals surface area contributed by atoms with Crippen LogP contribution in [0.15, 0.2) is 23.1 Å². The van der Waals surface area contributed by atoms with Gasteiger partial charge < -0.3 is 9.84 Å². The smallest absolute Gasteiger partial charge is 0.241 e. The summed E-state index contributed by atoms with van der Waals surface area (Å²) in [4.78, 5) is 0.190. The quantitative estimate of drug-likeness (QED) is 0.770. The van der Waals surface area contributed by atoms with Gasteiger partial charge in [0.2, 0.25) is 10.0 Å². The average Bonchev–Trinajstić information content (AvgIpc) is 2.43. The maximum Gasteiger partial charge on any atom is 0.241 e. The van der Waals surface area contributed by atoms with Crippen molar-refractivity contribution in [1.29, 1.82) is 0 Å². The third-order valence-corrected chi connectivity index (χ3v) is 4.45. The molecule has 0 spiro atoms. The van der Waals surface area contributed by atoms with Crippen LogP contribution in [0.1, 0.15) is 25.0 Å². The predicted molar refractivity (Wildman–Crippen MR) is 81.4 cm³/mol. The van der Waals surface area contributed by atoms with Crippen molar-refractivity contribution in [2.75, 3.05) is 19.8 Å². The van der Waals surface area contributed by atoms with Crippen molar-refractivity contribution in [2.45, 2.75) is 31.7 Å².